The molecule has 0 spiro atoms. The maximum Gasteiger partial charge on any atom is 0.125 e. The highest BCUT2D eigenvalue weighted by molar-refractivity contribution is 7.03. The molecule has 1 heteroatoms. The van der Waals surface area contributed by atoms with Crippen molar-refractivity contribution in [2.24, 2.45) is 0 Å². The quantitative estimate of drug-likeness (QED) is 0.578. The summed E-state index contributed by atoms with van der Waals surface area (Å²) < 4.78 is 0. The Hall–Kier alpha value is -1.60. The molecule has 0 fully saturated rings. The predicted octanol–water partition coefficient (Wildman–Crippen LogP) is 4.05. The Morgan fingerprint density at radius 2 is 1.05 bits per heavy atom. The van der Waals surface area contributed by atoms with Gasteiger partial charge in [0.15, 0.2) is 0 Å². The van der Waals surface area contributed by atoms with Gasteiger partial charge in [-0.25, -0.2) is 0 Å². The van der Waals surface area contributed by atoms with Gasteiger partial charge in [-0.1, -0.05) is 58.9 Å². The normalized spacial score (nSPS) is 16.4. The van der Waals surface area contributed by atoms with E-state index in [1.165, 1.54) is 34.3 Å². The standard InChI is InChI=1S/C20H24Si/c1-15-7-9-19(13-17(15)3)21(11-5-6-12-21)20-10-8-16(2)18(4)14-20/h5-10,13-14H,11-12H2,1-4H3. The van der Waals surface area contributed by atoms with Gasteiger partial charge in [-0.15, -0.1) is 0 Å². The van der Waals surface area contributed by atoms with Crippen LogP contribution in [-0.2, 0) is 0 Å². The summed E-state index contributed by atoms with van der Waals surface area (Å²) in [5, 5.41) is 3.19. The fourth-order valence-corrected chi connectivity index (χ4v) is 7.74. The maximum absolute atomic E-state index is 2.45. The van der Waals surface area contributed by atoms with Crippen molar-refractivity contribution in [1.82, 2.24) is 0 Å². The van der Waals surface area contributed by atoms with Gasteiger partial charge in [0.2, 0.25) is 0 Å². The van der Waals surface area contributed by atoms with Crippen LogP contribution in [-0.4, -0.2) is 8.07 Å². The van der Waals surface area contributed by atoms with Crippen LogP contribution in [0.25, 0.3) is 0 Å². The molecule has 0 saturated heterocycles. The van der Waals surface area contributed by atoms with Gasteiger partial charge in [-0.05, 0) is 62.0 Å². The molecule has 21 heavy (non-hydrogen) atoms. The first-order chi connectivity index (χ1) is 10.0. The minimum atomic E-state index is -1.60. The average Bonchev–Trinajstić information content (AvgIpc) is 2.95. The van der Waals surface area contributed by atoms with Crippen molar-refractivity contribution in [2.75, 3.05) is 0 Å². The van der Waals surface area contributed by atoms with Crippen molar-refractivity contribution in [3.63, 3.8) is 0 Å². The Bertz CT molecular complexity index is 648. The molecular formula is C20H24Si. The van der Waals surface area contributed by atoms with E-state index in [1.54, 1.807) is 10.4 Å². The first-order valence-corrected chi connectivity index (χ1v) is 10.2. The number of benzene rings is 2. The molecule has 0 bridgehead atoms. The summed E-state index contributed by atoms with van der Waals surface area (Å²) >= 11 is 0. The fraction of sp³-hybridized carbons (Fsp3) is 0.300. The summed E-state index contributed by atoms with van der Waals surface area (Å²) in [6.07, 6.45) is 4.80. The lowest BCUT2D eigenvalue weighted by Gasteiger charge is -2.29. The molecule has 0 atom stereocenters. The molecule has 0 aromatic heterocycles. The highest BCUT2D eigenvalue weighted by Gasteiger charge is 2.37. The molecular weight excluding hydrogens is 268 g/mol. The van der Waals surface area contributed by atoms with Crippen molar-refractivity contribution < 1.29 is 0 Å². The van der Waals surface area contributed by atoms with Crippen molar-refractivity contribution in [3.8, 4) is 0 Å². The predicted molar refractivity (Wildman–Crippen MR) is 95.6 cm³/mol. The van der Waals surface area contributed by atoms with Crippen LogP contribution in [0, 0.1) is 27.7 Å². The summed E-state index contributed by atoms with van der Waals surface area (Å²) in [5.74, 6) is 0. The van der Waals surface area contributed by atoms with Crippen LogP contribution in [0.15, 0.2) is 48.6 Å². The van der Waals surface area contributed by atoms with E-state index in [0.717, 1.165) is 0 Å². The van der Waals surface area contributed by atoms with E-state index >= 15 is 0 Å². The molecule has 0 saturated carbocycles. The molecule has 0 aliphatic carbocycles. The Morgan fingerprint density at radius 3 is 1.43 bits per heavy atom. The van der Waals surface area contributed by atoms with Crippen LogP contribution in [0.1, 0.15) is 22.3 Å². The van der Waals surface area contributed by atoms with Crippen LogP contribution in [0.2, 0.25) is 12.1 Å². The Kier molecular flexibility index (Phi) is 3.62. The molecule has 108 valence electrons. The van der Waals surface area contributed by atoms with Crippen LogP contribution >= 0.6 is 0 Å². The van der Waals surface area contributed by atoms with Crippen LogP contribution in [0.3, 0.4) is 0 Å². The Balaban J connectivity index is 2.15. The van der Waals surface area contributed by atoms with Gasteiger partial charge in [0, 0.05) is 0 Å². The molecule has 1 aliphatic rings. The van der Waals surface area contributed by atoms with E-state index in [9.17, 15) is 0 Å². The number of aryl methyl sites for hydroxylation is 4. The second-order valence-electron chi connectivity index (χ2n) is 6.56. The largest absolute Gasteiger partial charge is 0.125 e. The number of hydrogen-bond acceptors (Lipinski definition) is 0. The van der Waals surface area contributed by atoms with Gasteiger partial charge in [-0.3, -0.25) is 0 Å². The third kappa shape index (κ3) is 2.40. The summed E-state index contributed by atoms with van der Waals surface area (Å²) in [7, 11) is -1.60. The lowest BCUT2D eigenvalue weighted by Crippen LogP contribution is -2.56. The maximum atomic E-state index is 2.45. The van der Waals surface area contributed by atoms with Crippen LogP contribution in [0.4, 0.5) is 0 Å². The number of rotatable bonds is 2. The zero-order valence-electron chi connectivity index (χ0n) is 13.5. The third-order valence-corrected chi connectivity index (χ3v) is 9.92. The van der Waals surface area contributed by atoms with Gasteiger partial charge in [0.05, 0.1) is 0 Å². The van der Waals surface area contributed by atoms with Gasteiger partial charge < -0.3 is 0 Å². The van der Waals surface area contributed by atoms with E-state index in [1.807, 2.05) is 0 Å². The van der Waals surface area contributed by atoms with Crippen molar-refractivity contribution in [2.45, 2.75) is 39.8 Å². The van der Waals surface area contributed by atoms with E-state index < -0.39 is 8.07 Å². The molecule has 3 rings (SSSR count). The van der Waals surface area contributed by atoms with Crippen molar-refractivity contribution in [3.05, 3.63) is 70.8 Å². The Labute approximate surface area is 129 Å². The summed E-state index contributed by atoms with van der Waals surface area (Å²) in [5.41, 5.74) is 5.65. The highest BCUT2D eigenvalue weighted by atomic mass is 28.3. The first kappa shape index (κ1) is 14.3. The van der Waals surface area contributed by atoms with Gasteiger partial charge in [-0.2, -0.15) is 0 Å². The number of allylic oxidation sites excluding steroid dienone is 2. The molecule has 0 unspecified atom stereocenters. The fourth-order valence-electron chi connectivity index (χ4n) is 3.37. The first-order valence-electron chi connectivity index (χ1n) is 7.83. The van der Waals surface area contributed by atoms with E-state index in [2.05, 4.69) is 76.2 Å². The minimum absolute atomic E-state index is 1.25. The molecule has 0 radical (unpaired) electrons. The minimum Gasteiger partial charge on any atom is -0.0908 e. The van der Waals surface area contributed by atoms with Gasteiger partial charge in [0.1, 0.15) is 8.07 Å². The smallest absolute Gasteiger partial charge is 0.0908 e. The van der Waals surface area contributed by atoms with E-state index in [-0.39, 0.29) is 0 Å². The SMILES string of the molecule is Cc1ccc([Si]2(c3ccc(C)c(C)c3)CC=CC2)cc1C. The summed E-state index contributed by atoms with van der Waals surface area (Å²) in [6, 6.07) is 16.8. The second-order valence-corrected chi connectivity index (χ2v) is 10.7. The summed E-state index contributed by atoms with van der Waals surface area (Å²) in [4.78, 5) is 0. The molecule has 0 N–H and O–H groups in total. The summed E-state index contributed by atoms with van der Waals surface area (Å²) in [6.45, 7) is 8.89. The van der Waals surface area contributed by atoms with Gasteiger partial charge >= 0.3 is 0 Å². The number of hydrogen-bond donors (Lipinski definition) is 0. The Morgan fingerprint density at radius 1 is 0.619 bits per heavy atom. The monoisotopic (exact) mass is 292 g/mol. The van der Waals surface area contributed by atoms with Gasteiger partial charge in [0.25, 0.3) is 0 Å². The third-order valence-electron chi connectivity index (χ3n) is 5.22. The molecule has 2 aromatic rings. The molecule has 0 amide bonds. The van der Waals surface area contributed by atoms with E-state index in [4.69, 9.17) is 0 Å². The topological polar surface area (TPSA) is 0 Å². The molecule has 2 aromatic carbocycles. The lowest BCUT2D eigenvalue weighted by atomic mass is 10.1. The molecule has 0 nitrogen and oxygen atoms in total. The zero-order chi connectivity index (χ0) is 15.0. The van der Waals surface area contributed by atoms with E-state index in [0.29, 0.717) is 0 Å². The van der Waals surface area contributed by atoms with Crippen LogP contribution in [0.5, 0.6) is 0 Å². The average molecular weight is 292 g/mol. The molecule has 1 aliphatic heterocycles. The molecule has 1 heterocycles. The van der Waals surface area contributed by atoms with Crippen molar-refractivity contribution in [1.29, 1.82) is 0 Å². The second kappa shape index (κ2) is 5.30. The zero-order valence-corrected chi connectivity index (χ0v) is 14.5. The van der Waals surface area contributed by atoms with Crippen molar-refractivity contribution >= 4 is 18.4 Å². The van der Waals surface area contributed by atoms with Crippen LogP contribution < -0.4 is 10.4 Å². The lowest BCUT2D eigenvalue weighted by molar-refractivity contribution is 1.34. The highest BCUT2D eigenvalue weighted by Crippen LogP contribution is 2.25.